The van der Waals surface area contributed by atoms with Gasteiger partial charge in [-0.05, 0) is 24.3 Å². The first-order valence-electron chi connectivity index (χ1n) is 7.72. The summed E-state index contributed by atoms with van der Waals surface area (Å²) in [5.74, 6) is -1.54. The van der Waals surface area contributed by atoms with Gasteiger partial charge in [-0.3, -0.25) is 4.79 Å². The lowest BCUT2D eigenvalue weighted by atomic mass is 10.1. The summed E-state index contributed by atoms with van der Waals surface area (Å²) in [4.78, 5) is 18.3. The average molecular weight is 327 g/mol. The molecule has 0 aliphatic carbocycles. The number of hydrogen-bond donors (Lipinski definition) is 0. The van der Waals surface area contributed by atoms with Gasteiger partial charge in [-0.1, -0.05) is 18.2 Å². The van der Waals surface area contributed by atoms with Crippen molar-refractivity contribution in [3.63, 3.8) is 0 Å². The van der Waals surface area contributed by atoms with Crippen LogP contribution in [-0.2, 0) is 11.8 Å². The number of fused-ring (bicyclic) bond motifs is 1. The first kappa shape index (κ1) is 14.8. The highest BCUT2D eigenvalue weighted by Crippen LogP contribution is 2.34. The number of anilines is 1. The van der Waals surface area contributed by atoms with Crippen molar-refractivity contribution in [2.24, 2.45) is 7.05 Å². The molecule has 0 bridgehead atoms. The van der Waals surface area contributed by atoms with E-state index >= 15 is 0 Å². The van der Waals surface area contributed by atoms with Crippen LogP contribution in [0.15, 0.2) is 42.5 Å². The molecule has 4 nitrogen and oxygen atoms in total. The molecule has 122 valence electrons. The number of hydrogen-bond acceptors (Lipinski definition) is 2. The van der Waals surface area contributed by atoms with Crippen LogP contribution in [0.2, 0.25) is 0 Å². The molecule has 0 N–H and O–H groups in total. The predicted molar refractivity (Wildman–Crippen MR) is 86.8 cm³/mol. The number of carbonyl (C=O) groups is 1. The largest absolute Gasteiger partial charge is 0.331 e. The Morgan fingerprint density at radius 3 is 2.71 bits per heavy atom. The minimum Gasteiger partial charge on any atom is -0.331 e. The van der Waals surface area contributed by atoms with E-state index in [0.717, 1.165) is 22.9 Å². The molecule has 24 heavy (non-hydrogen) atoms. The van der Waals surface area contributed by atoms with E-state index in [-0.39, 0.29) is 30.5 Å². The van der Waals surface area contributed by atoms with Crippen LogP contribution in [0.3, 0.4) is 0 Å². The molecule has 0 spiro atoms. The fourth-order valence-corrected chi connectivity index (χ4v) is 3.34. The van der Waals surface area contributed by atoms with Gasteiger partial charge in [0.05, 0.1) is 16.7 Å². The van der Waals surface area contributed by atoms with Crippen molar-refractivity contribution in [1.82, 2.24) is 9.55 Å². The van der Waals surface area contributed by atoms with Crippen molar-refractivity contribution in [1.29, 1.82) is 0 Å². The van der Waals surface area contributed by atoms with Gasteiger partial charge in [-0.15, -0.1) is 0 Å². The van der Waals surface area contributed by atoms with Crippen molar-refractivity contribution in [3.05, 3.63) is 59.9 Å². The predicted octanol–water partition coefficient (Wildman–Crippen LogP) is 3.37. The van der Waals surface area contributed by atoms with Gasteiger partial charge in [0, 0.05) is 25.9 Å². The number of benzene rings is 2. The van der Waals surface area contributed by atoms with Crippen LogP contribution in [0.25, 0.3) is 11.0 Å². The van der Waals surface area contributed by atoms with Gasteiger partial charge < -0.3 is 9.47 Å². The van der Waals surface area contributed by atoms with Crippen molar-refractivity contribution in [3.8, 4) is 0 Å². The van der Waals surface area contributed by atoms with Gasteiger partial charge in [-0.25, -0.2) is 13.8 Å². The fourth-order valence-electron chi connectivity index (χ4n) is 3.34. The lowest BCUT2D eigenvalue weighted by Gasteiger charge is -2.17. The van der Waals surface area contributed by atoms with E-state index in [4.69, 9.17) is 0 Å². The summed E-state index contributed by atoms with van der Waals surface area (Å²) in [6, 6.07) is 11.6. The van der Waals surface area contributed by atoms with Crippen LogP contribution in [0.4, 0.5) is 14.5 Å². The highest BCUT2D eigenvalue weighted by molar-refractivity contribution is 5.96. The zero-order valence-corrected chi connectivity index (χ0v) is 13.0. The Labute approximate surface area is 137 Å². The van der Waals surface area contributed by atoms with Gasteiger partial charge in [0.15, 0.2) is 11.6 Å². The minimum atomic E-state index is -0.989. The summed E-state index contributed by atoms with van der Waals surface area (Å²) in [5.41, 5.74) is 1.83. The van der Waals surface area contributed by atoms with Gasteiger partial charge in [-0.2, -0.15) is 0 Å². The van der Waals surface area contributed by atoms with Gasteiger partial charge in [0.25, 0.3) is 0 Å². The molecule has 1 aliphatic heterocycles. The van der Waals surface area contributed by atoms with Crippen LogP contribution in [0.1, 0.15) is 18.2 Å². The highest BCUT2D eigenvalue weighted by atomic mass is 19.2. The van der Waals surface area contributed by atoms with Crippen molar-refractivity contribution in [2.45, 2.75) is 12.3 Å². The molecular formula is C18H15F2N3O. The number of imidazole rings is 1. The average Bonchev–Trinajstić information content (AvgIpc) is 3.11. The van der Waals surface area contributed by atoms with E-state index in [2.05, 4.69) is 4.98 Å². The first-order chi connectivity index (χ1) is 11.6. The zero-order valence-electron chi connectivity index (χ0n) is 13.0. The Kier molecular flexibility index (Phi) is 3.33. The molecule has 1 atom stereocenters. The van der Waals surface area contributed by atoms with Crippen LogP contribution in [0.5, 0.6) is 0 Å². The number of para-hydroxylation sites is 2. The number of halogens is 2. The second-order valence-corrected chi connectivity index (χ2v) is 6.00. The third kappa shape index (κ3) is 2.18. The quantitative estimate of drug-likeness (QED) is 0.724. The molecule has 3 aromatic rings. The lowest BCUT2D eigenvalue weighted by molar-refractivity contribution is -0.117. The topological polar surface area (TPSA) is 38.1 Å². The van der Waals surface area contributed by atoms with Crippen molar-refractivity contribution in [2.75, 3.05) is 11.4 Å². The maximum Gasteiger partial charge on any atom is 0.227 e. The Balaban J connectivity index is 1.71. The molecule has 1 saturated heterocycles. The van der Waals surface area contributed by atoms with E-state index in [9.17, 15) is 13.6 Å². The monoisotopic (exact) mass is 327 g/mol. The summed E-state index contributed by atoms with van der Waals surface area (Å²) in [5, 5.41) is 0. The number of aryl methyl sites for hydroxylation is 1. The second-order valence-electron chi connectivity index (χ2n) is 6.00. The molecule has 0 radical (unpaired) electrons. The Morgan fingerprint density at radius 1 is 1.12 bits per heavy atom. The lowest BCUT2D eigenvalue weighted by Crippen LogP contribution is -2.25. The Morgan fingerprint density at radius 2 is 1.92 bits per heavy atom. The van der Waals surface area contributed by atoms with Crippen LogP contribution in [-0.4, -0.2) is 22.0 Å². The molecule has 0 saturated carbocycles. The summed E-state index contributed by atoms with van der Waals surface area (Å²) in [6.07, 6.45) is 0.229. The van der Waals surface area contributed by atoms with E-state index in [1.54, 1.807) is 0 Å². The summed E-state index contributed by atoms with van der Waals surface area (Å²) in [6.45, 7) is 0.288. The molecule has 4 rings (SSSR count). The zero-order chi connectivity index (χ0) is 16.8. The van der Waals surface area contributed by atoms with E-state index in [0.29, 0.717) is 0 Å². The molecule has 1 fully saturated rings. The molecule has 1 unspecified atom stereocenters. The fraction of sp³-hybridized carbons (Fsp3) is 0.222. The maximum absolute atomic E-state index is 14.0. The molecule has 1 amide bonds. The maximum atomic E-state index is 14.0. The number of carbonyl (C=O) groups excluding carboxylic acids is 1. The first-order valence-corrected chi connectivity index (χ1v) is 7.72. The number of rotatable bonds is 2. The SMILES string of the molecule is Cn1c(C2CC(=O)N(c3cccc(F)c3F)C2)nc2ccccc21. The smallest absolute Gasteiger partial charge is 0.227 e. The Bertz CT molecular complexity index is 951. The van der Waals surface area contributed by atoms with Crippen LogP contribution >= 0.6 is 0 Å². The molecular weight excluding hydrogens is 312 g/mol. The van der Waals surface area contributed by atoms with Gasteiger partial charge in [0.2, 0.25) is 5.91 Å². The molecule has 6 heteroatoms. The number of amides is 1. The molecule has 1 aromatic heterocycles. The molecule has 2 aromatic carbocycles. The normalized spacial score (nSPS) is 17.9. The summed E-state index contributed by atoms with van der Waals surface area (Å²) < 4.78 is 29.4. The van der Waals surface area contributed by atoms with Gasteiger partial charge >= 0.3 is 0 Å². The molecule has 2 heterocycles. The van der Waals surface area contributed by atoms with Crippen molar-refractivity contribution >= 4 is 22.6 Å². The number of aromatic nitrogens is 2. The van der Waals surface area contributed by atoms with E-state index in [1.807, 2.05) is 35.9 Å². The third-order valence-electron chi connectivity index (χ3n) is 4.53. The highest BCUT2D eigenvalue weighted by Gasteiger charge is 2.35. The standard InChI is InChI=1S/C18H15F2N3O/c1-22-14-7-3-2-6-13(14)21-18(22)11-9-16(24)23(10-11)15-8-4-5-12(19)17(15)20/h2-8,11H,9-10H2,1H3. The summed E-state index contributed by atoms with van der Waals surface area (Å²) >= 11 is 0. The molecule has 1 aliphatic rings. The number of nitrogens with zero attached hydrogens (tertiary/aromatic N) is 3. The Hall–Kier alpha value is -2.76. The van der Waals surface area contributed by atoms with E-state index < -0.39 is 11.6 Å². The third-order valence-corrected chi connectivity index (χ3v) is 4.53. The minimum absolute atomic E-state index is 0.0127. The van der Waals surface area contributed by atoms with Crippen LogP contribution in [0, 0.1) is 11.6 Å². The van der Waals surface area contributed by atoms with Crippen LogP contribution < -0.4 is 4.90 Å². The van der Waals surface area contributed by atoms with Crippen molar-refractivity contribution < 1.29 is 13.6 Å². The summed E-state index contributed by atoms with van der Waals surface area (Å²) in [7, 11) is 1.90. The van der Waals surface area contributed by atoms with E-state index in [1.165, 1.54) is 17.0 Å². The second kappa shape index (κ2) is 5.40. The van der Waals surface area contributed by atoms with Gasteiger partial charge in [0.1, 0.15) is 5.82 Å².